The Balaban J connectivity index is 2.36. The van der Waals surface area contributed by atoms with Crippen LogP contribution in [0.25, 0.3) is 10.9 Å². The molecule has 0 saturated carbocycles. The minimum absolute atomic E-state index is 0.184. The minimum atomic E-state index is -0.280. The molecule has 0 radical (unpaired) electrons. The average Bonchev–Trinajstić information content (AvgIpc) is 2.74. The van der Waals surface area contributed by atoms with Gasteiger partial charge in [-0.25, -0.2) is 0 Å². The molecule has 1 atom stereocenters. The fourth-order valence-electron chi connectivity index (χ4n) is 2.02. The lowest BCUT2D eigenvalue weighted by atomic mass is 10.1. The van der Waals surface area contributed by atoms with E-state index < -0.39 is 0 Å². The zero-order valence-corrected chi connectivity index (χ0v) is 10.7. The lowest BCUT2D eigenvalue weighted by Gasteiger charge is -2.10. The number of nitrogens with zero attached hydrogens (tertiary/aromatic N) is 1. The molecule has 18 heavy (non-hydrogen) atoms. The molecular weight excluding hydrogens is 228 g/mol. The van der Waals surface area contributed by atoms with Crippen molar-refractivity contribution in [1.82, 2.24) is 4.57 Å². The molecule has 0 saturated heterocycles. The maximum Gasteiger partial charge on any atom is 0.222 e. The number of carbonyl (C=O) groups excluding carboxylic acids is 1. The van der Waals surface area contributed by atoms with Gasteiger partial charge in [0.15, 0.2) is 0 Å². The summed E-state index contributed by atoms with van der Waals surface area (Å²) in [6.45, 7) is 5.03. The molecule has 96 valence electrons. The van der Waals surface area contributed by atoms with Gasteiger partial charge in [0.2, 0.25) is 5.91 Å². The standard InChI is InChI=1S/C14H18N2O2/c1-3-18-13-6-4-5-12-11(13)7-8-16(12)9-10(2)14(15)17/h4-8,10H,3,9H2,1-2H3,(H2,15,17). The molecule has 0 bridgehead atoms. The second kappa shape index (κ2) is 5.12. The second-order valence-corrected chi connectivity index (χ2v) is 4.39. The summed E-state index contributed by atoms with van der Waals surface area (Å²) in [7, 11) is 0. The topological polar surface area (TPSA) is 57.2 Å². The average molecular weight is 246 g/mol. The summed E-state index contributed by atoms with van der Waals surface area (Å²) in [4.78, 5) is 11.1. The summed E-state index contributed by atoms with van der Waals surface area (Å²) in [6, 6.07) is 7.94. The third-order valence-electron chi connectivity index (χ3n) is 3.03. The Morgan fingerprint density at radius 2 is 2.22 bits per heavy atom. The summed E-state index contributed by atoms with van der Waals surface area (Å²) in [5, 5.41) is 1.07. The molecular formula is C14H18N2O2. The van der Waals surface area contributed by atoms with Crippen molar-refractivity contribution in [3.05, 3.63) is 30.5 Å². The molecule has 0 aliphatic heterocycles. The molecule has 2 N–H and O–H groups in total. The first-order valence-electron chi connectivity index (χ1n) is 6.13. The summed E-state index contributed by atoms with van der Waals surface area (Å²) in [5.41, 5.74) is 6.36. The van der Waals surface area contributed by atoms with Crippen molar-refractivity contribution in [2.24, 2.45) is 11.7 Å². The molecule has 1 aromatic heterocycles. The number of rotatable bonds is 5. The molecule has 4 nitrogen and oxygen atoms in total. The number of primary amides is 1. The normalized spacial score (nSPS) is 12.6. The number of hydrogen-bond donors (Lipinski definition) is 1. The summed E-state index contributed by atoms with van der Waals surface area (Å²) in [5.74, 6) is 0.412. The van der Waals surface area contributed by atoms with E-state index in [9.17, 15) is 4.79 Å². The van der Waals surface area contributed by atoms with E-state index in [1.807, 2.05) is 48.9 Å². The first-order chi connectivity index (χ1) is 8.63. The second-order valence-electron chi connectivity index (χ2n) is 4.39. The molecule has 0 aliphatic carbocycles. The lowest BCUT2D eigenvalue weighted by Crippen LogP contribution is -2.24. The Bertz CT molecular complexity index is 560. The highest BCUT2D eigenvalue weighted by Crippen LogP contribution is 2.27. The molecule has 0 spiro atoms. The van der Waals surface area contributed by atoms with Gasteiger partial charge >= 0.3 is 0 Å². The van der Waals surface area contributed by atoms with Crippen molar-refractivity contribution < 1.29 is 9.53 Å². The van der Waals surface area contributed by atoms with Gasteiger partial charge in [0.05, 0.1) is 18.0 Å². The van der Waals surface area contributed by atoms with Crippen molar-refractivity contribution in [3.8, 4) is 5.75 Å². The van der Waals surface area contributed by atoms with E-state index in [-0.39, 0.29) is 11.8 Å². The Morgan fingerprint density at radius 1 is 1.44 bits per heavy atom. The zero-order valence-electron chi connectivity index (χ0n) is 10.7. The summed E-state index contributed by atoms with van der Waals surface area (Å²) in [6.07, 6.45) is 1.96. The fraction of sp³-hybridized carbons (Fsp3) is 0.357. The van der Waals surface area contributed by atoms with Crippen molar-refractivity contribution in [2.45, 2.75) is 20.4 Å². The van der Waals surface area contributed by atoms with Crippen LogP contribution in [0.15, 0.2) is 30.5 Å². The third kappa shape index (κ3) is 2.32. The van der Waals surface area contributed by atoms with Gasteiger partial charge in [-0.05, 0) is 25.1 Å². The van der Waals surface area contributed by atoms with E-state index in [1.54, 1.807) is 0 Å². The van der Waals surface area contributed by atoms with Crippen LogP contribution in [0, 0.1) is 5.92 Å². The van der Waals surface area contributed by atoms with Gasteiger partial charge in [0, 0.05) is 18.1 Å². The van der Waals surface area contributed by atoms with E-state index in [4.69, 9.17) is 10.5 Å². The van der Waals surface area contributed by atoms with E-state index in [2.05, 4.69) is 0 Å². The van der Waals surface area contributed by atoms with Crippen LogP contribution in [-0.2, 0) is 11.3 Å². The van der Waals surface area contributed by atoms with E-state index >= 15 is 0 Å². The van der Waals surface area contributed by atoms with Crippen molar-refractivity contribution in [1.29, 1.82) is 0 Å². The van der Waals surface area contributed by atoms with E-state index in [0.29, 0.717) is 13.2 Å². The molecule has 0 fully saturated rings. The molecule has 1 unspecified atom stereocenters. The number of hydrogen-bond acceptors (Lipinski definition) is 2. The Labute approximate surface area is 106 Å². The Morgan fingerprint density at radius 3 is 2.89 bits per heavy atom. The first kappa shape index (κ1) is 12.5. The molecule has 1 amide bonds. The number of benzene rings is 1. The van der Waals surface area contributed by atoms with Crippen LogP contribution in [-0.4, -0.2) is 17.1 Å². The Kier molecular flexibility index (Phi) is 3.55. The molecule has 1 heterocycles. The maximum atomic E-state index is 11.1. The predicted molar refractivity (Wildman–Crippen MR) is 71.5 cm³/mol. The summed E-state index contributed by atoms with van der Waals surface area (Å²) < 4.78 is 7.61. The largest absolute Gasteiger partial charge is 0.493 e. The van der Waals surface area contributed by atoms with Gasteiger partial charge in [0.1, 0.15) is 5.75 Å². The molecule has 2 rings (SSSR count). The molecule has 4 heteroatoms. The highest BCUT2D eigenvalue weighted by molar-refractivity contribution is 5.86. The molecule has 1 aromatic carbocycles. The van der Waals surface area contributed by atoms with Gasteiger partial charge in [-0.15, -0.1) is 0 Å². The van der Waals surface area contributed by atoms with Crippen molar-refractivity contribution >= 4 is 16.8 Å². The van der Waals surface area contributed by atoms with Crippen LogP contribution < -0.4 is 10.5 Å². The SMILES string of the molecule is CCOc1cccc2c1ccn2CC(C)C(N)=O. The van der Waals surface area contributed by atoms with Gasteiger partial charge in [-0.2, -0.15) is 0 Å². The quantitative estimate of drug-likeness (QED) is 0.879. The number of carbonyl (C=O) groups is 1. The highest BCUT2D eigenvalue weighted by Gasteiger charge is 2.12. The van der Waals surface area contributed by atoms with Crippen LogP contribution in [0.3, 0.4) is 0 Å². The van der Waals surface area contributed by atoms with Gasteiger partial charge in [-0.3, -0.25) is 4.79 Å². The predicted octanol–water partition coefficient (Wildman–Crippen LogP) is 2.16. The minimum Gasteiger partial charge on any atom is -0.493 e. The van der Waals surface area contributed by atoms with Crippen molar-refractivity contribution in [2.75, 3.05) is 6.61 Å². The lowest BCUT2D eigenvalue weighted by molar-refractivity contribution is -0.121. The van der Waals surface area contributed by atoms with Gasteiger partial charge in [0.25, 0.3) is 0 Å². The third-order valence-corrected chi connectivity index (χ3v) is 3.03. The van der Waals surface area contributed by atoms with E-state index in [0.717, 1.165) is 16.7 Å². The van der Waals surface area contributed by atoms with Gasteiger partial charge in [-0.1, -0.05) is 13.0 Å². The Hall–Kier alpha value is -1.97. The van der Waals surface area contributed by atoms with Crippen LogP contribution in [0.5, 0.6) is 5.75 Å². The van der Waals surface area contributed by atoms with Crippen LogP contribution >= 0.6 is 0 Å². The maximum absolute atomic E-state index is 11.1. The number of fused-ring (bicyclic) bond motifs is 1. The molecule has 2 aromatic rings. The number of amides is 1. The number of ether oxygens (including phenoxy) is 1. The van der Waals surface area contributed by atoms with Crippen LogP contribution in [0.2, 0.25) is 0 Å². The monoisotopic (exact) mass is 246 g/mol. The zero-order chi connectivity index (χ0) is 13.1. The van der Waals surface area contributed by atoms with Crippen LogP contribution in [0.4, 0.5) is 0 Å². The first-order valence-corrected chi connectivity index (χ1v) is 6.13. The van der Waals surface area contributed by atoms with Crippen molar-refractivity contribution in [3.63, 3.8) is 0 Å². The highest BCUT2D eigenvalue weighted by atomic mass is 16.5. The van der Waals surface area contributed by atoms with E-state index in [1.165, 1.54) is 0 Å². The summed E-state index contributed by atoms with van der Waals surface area (Å²) >= 11 is 0. The smallest absolute Gasteiger partial charge is 0.222 e. The molecule has 0 aliphatic rings. The van der Waals surface area contributed by atoms with Crippen LogP contribution in [0.1, 0.15) is 13.8 Å². The van der Waals surface area contributed by atoms with Gasteiger partial charge < -0.3 is 15.0 Å². The number of nitrogens with two attached hydrogens (primary N) is 1. The number of aromatic nitrogens is 1. The fourth-order valence-corrected chi connectivity index (χ4v) is 2.02.